The first kappa shape index (κ1) is 11.9. The van der Waals surface area contributed by atoms with Gasteiger partial charge < -0.3 is 0 Å². The minimum Gasteiger partial charge on any atom is -0.0622 e. The van der Waals surface area contributed by atoms with E-state index in [1.54, 1.807) is 0 Å². The molecule has 0 bridgehead atoms. The van der Waals surface area contributed by atoms with Crippen molar-refractivity contribution in [1.29, 1.82) is 0 Å². The highest BCUT2D eigenvalue weighted by molar-refractivity contribution is 9.10. The summed E-state index contributed by atoms with van der Waals surface area (Å²) >= 11 is 3.60. The predicted octanol–water partition coefficient (Wildman–Crippen LogP) is 5.69. The zero-order chi connectivity index (χ0) is 13.5. The number of halogens is 1. The van der Waals surface area contributed by atoms with Crippen LogP contribution in [0.4, 0.5) is 0 Å². The molecule has 0 amide bonds. The van der Waals surface area contributed by atoms with Crippen LogP contribution in [0.1, 0.15) is 11.1 Å². The van der Waals surface area contributed by atoms with E-state index in [1.165, 1.54) is 33.4 Å². The minimum atomic E-state index is 1.04. The molecule has 1 aliphatic carbocycles. The van der Waals surface area contributed by atoms with Crippen LogP contribution in [0.25, 0.3) is 22.3 Å². The fraction of sp³-hybridized carbons (Fsp3) is 0.0526. The number of hydrogen-bond acceptors (Lipinski definition) is 0. The van der Waals surface area contributed by atoms with E-state index in [4.69, 9.17) is 0 Å². The minimum absolute atomic E-state index is 1.04. The molecule has 0 nitrogen and oxygen atoms in total. The summed E-state index contributed by atoms with van der Waals surface area (Å²) in [6.45, 7) is 0. The van der Waals surface area contributed by atoms with Gasteiger partial charge in [0.1, 0.15) is 0 Å². The Morgan fingerprint density at radius 2 is 1.55 bits per heavy atom. The highest BCUT2D eigenvalue weighted by Gasteiger charge is 2.21. The van der Waals surface area contributed by atoms with Crippen molar-refractivity contribution >= 4 is 15.9 Å². The van der Waals surface area contributed by atoms with Crippen LogP contribution in [-0.2, 0) is 6.42 Å². The second-order valence-corrected chi connectivity index (χ2v) is 6.10. The van der Waals surface area contributed by atoms with E-state index in [0.717, 1.165) is 10.9 Å². The Hall–Kier alpha value is -1.86. The summed E-state index contributed by atoms with van der Waals surface area (Å²) in [5.41, 5.74) is 8.24. The molecule has 20 heavy (non-hydrogen) atoms. The van der Waals surface area contributed by atoms with E-state index in [0.29, 0.717) is 0 Å². The second-order valence-electron chi connectivity index (χ2n) is 5.18. The fourth-order valence-corrected chi connectivity index (χ4v) is 3.43. The normalized spacial score (nSPS) is 12.1. The van der Waals surface area contributed by atoms with Gasteiger partial charge in [0.25, 0.3) is 0 Å². The molecule has 0 aliphatic heterocycles. The smallest absolute Gasteiger partial charge is 0.0181 e. The van der Waals surface area contributed by atoms with Crippen molar-refractivity contribution < 1.29 is 0 Å². The molecule has 0 atom stereocenters. The summed E-state index contributed by atoms with van der Waals surface area (Å²) in [6, 6.07) is 23.9. The molecule has 0 heterocycles. The molecule has 0 N–H and O–H groups in total. The van der Waals surface area contributed by atoms with E-state index >= 15 is 0 Å². The molecule has 0 aromatic heterocycles. The van der Waals surface area contributed by atoms with Gasteiger partial charge in [0, 0.05) is 4.47 Å². The fourth-order valence-electron chi connectivity index (χ4n) is 3.06. The Kier molecular flexibility index (Phi) is 2.75. The Labute approximate surface area is 127 Å². The molecule has 0 fully saturated rings. The van der Waals surface area contributed by atoms with Gasteiger partial charge in [-0.25, -0.2) is 0 Å². The van der Waals surface area contributed by atoms with Gasteiger partial charge in [0.05, 0.1) is 0 Å². The summed E-state index contributed by atoms with van der Waals surface area (Å²) in [5.74, 6) is 0. The molecule has 96 valence electrons. The largest absolute Gasteiger partial charge is 0.0622 e. The van der Waals surface area contributed by atoms with Gasteiger partial charge in [0.15, 0.2) is 0 Å². The quantitative estimate of drug-likeness (QED) is 0.423. The maximum atomic E-state index is 3.60. The second kappa shape index (κ2) is 4.60. The Balaban J connectivity index is 2.01. The topological polar surface area (TPSA) is 0 Å². The van der Waals surface area contributed by atoms with Crippen LogP contribution in [0.5, 0.6) is 0 Å². The van der Waals surface area contributed by atoms with Crippen molar-refractivity contribution in [3.8, 4) is 22.3 Å². The molecule has 0 spiro atoms. The third-order valence-electron chi connectivity index (χ3n) is 3.96. The molecule has 0 radical (unpaired) electrons. The van der Waals surface area contributed by atoms with Gasteiger partial charge in [-0.15, -0.1) is 0 Å². The van der Waals surface area contributed by atoms with Crippen LogP contribution < -0.4 is 0 Å². The van der Waals surface area contributed by atoms with Crippen molar-refractivity contribution in [2.75, 3.05) is 0 Å². The lowest BCUT2D eigenvalue weighted by molar-refractivity contribution is 1.26. The first-order valence-corrected chi connectivity index (χ1v) is 7.58. The zero-order valence-electron chi connectivity index (χ0n) is 10.9. The van der Waals surface area contributed by atoms with Crippen LogP contribution in [0, 0.1) is 0 Å². The molecular weight excluding hydrogens is 308 g/mol. The third-order valence-corrected chi connectivity index (χ3v) is 4.45. The molecule has 1 aliphatic rings. The van der Waals surface area contributed by atoms with E-state index in [9.17, 15) is 0 Å². The van der Waals surface area contributed by atoms with E-state index in [-0.39, 0.29) is 0 Å². The van der Waals surface area contributed by atoms with Crippen LogP contribution >= 0.6 is 15.9 Å². The van der Waals surface area contributed by atoms with Crippen molar-refractivity contribution in [2.24, 2.45) is 0 Å². The zero-order valence-corrected chi connectivity index (χ0v) is 12.5. The van der Waals surface area contributed by atoms with Crippen LogP contribution in [0.3, 0.4) is 0 Å². The summed E-state index contributed by atoms with van der Waals surface area (Å²) in [6.07, 6.45) is 1.04. The molecule has 3 aromatic rings. The van der Waals surface area contributed by atoms with Gasteiger partial charge >= 0.3 is 0 Å². The van der Waals surface area contributed by atoms with Crippen molar-refractivity contribution in [3.05, 3.63) is 82.3 Å². The lowest BCUT2D eigenvalue weighted by atomic mass is 9.94. The van der Waals surface area contributed by atoms with Crippen LogP contribution in [0.15, 0.2) is 71.2 Å². The Morgan fingerprint density at radius 3 is 2.40 bits per heavy atom. The van der Waals surface area contributed by atoms with Crippen LogP contribution in [-0.4, -0.2) is 0 Å². The van der Waals surface area contributed by atoms with Gasteiger partial charge in [-0.3, -0.25) is 0 Å². The molecule has 3 aromatic carbocycles. The average molecular weight is 321 g/mol. The van der Waals surface area contributed by atoms with Gasteiger partial charge in [-0.05, 0) is 51.9 Å². The van der Waals surface area contributed by atoms with E-state index in [1.807, 2.05) is 0 Å². The Bertz CT molecular complexity index is 788. The van der Waals surface area contributed by atoms with Crippen molar-refractivity contribution in [1.82, 2.24) is 0 Å². The first-order chi connectivity index (χ1) is 9.83. The number of hydrogen-bond donors (Lipinski definition) is 0. The van der Waals surface area contributed by atoms with Crippen molar-refractivity contribution in [3.63, 3.8) is 0 Å². The Morgan fingerprint density at radius 1 is 0.700 bits per heavy atom. The highest BCUT2D eigenvalue weighted by atomic mass is 79.9. The summed E-state index contributed by atoms with van der Waals surface area (Å²) in [7, 11) is 0. The SMILES string of the molecule is Brc1ccc2c(c1)-c1c(cccc1-c1ccccc1)C2. The highest BCUT2D eigenvalue weighted by Crippen LogP contribution is 2.43. The monoisotopic (exact) mass is 320 g/mol. The lowest BCUT2D eigenvalue weighted by Gasteiger charge is -2.10. The van der Waals surface area contributed by atoms with Gasteiger partial charge in [0.2, 0.25) is 0 Å². The van der Waals surface area contributed by atoms with E-state index in [2.05, 4.69) is 82.7 Å². The maximum Gasteiger partial charge on any atom is 0.0181 e. The molecule has 1 heteroatoms. The molecule has 4 rings (SSSR count). The summed E-state index contributed by atoms with van der Waals surface area (Å²) in [5, 5.41) is 0. The summed E-state index contributed by atoms with van der Waals surface area (Å²) < 4.78 is 1.15. The summed E-state index contributed by atoms with van der Waals surface area (Å²) in [4.78, 5) is 0. The third kappa shape index (κ3) is 1.82. The van der Waals surface area contributed by atoms with Gasteiger partial charge in [-0.1, -0.05) is 70.5 Å². The predicted molar refractivity (Wildman–Crippen MR) is 87.8 cm³/mol. The average Bonchev–Trinajstić information content (AvgIpc) is 2.86. The number of benzene rings is 3. The van der Waals surface area contributed by atoms with Crippen LogP contribution in [0.2, 0.25) is 0 Å². The molecule has 0 saturated carbocycles. The number of rotatable bonds is 1. The molecule has 0 saturated heterocycles. The van der Waals surface area contributed by atoms with Gasteiger partial charge in [-0.2, -0.15) is 0 Å². The standard InChI is InChI=1S/C19H13Br/c20-16-10-9-14-11-15-7-4-8-17(19(15)18(14)12-16)13-5-2-1-3-6-13/h1-10,12H,11H2. The van der Waals surface area contributed by atoms with Crippen molar-refractivity contribution in [2.45, 2.75) is 6.42 Å². The number of fused-ring (bicyclic) bond motifs is 3. The molecule has 0 unspecified atom stereocenters. The first-order valence-electron chi connectivity index (χ1n) is 6.79. The molecular formula is C19H13Br. The maximum absolute atomic E-state index is 3.60. The van der Waals surface area contributed by atoms with E-state index < -0.39 is 0 Å². The lowest BCUT2D eigenvalue weighted by Crippen LogP contribution is -1.85.